The quantitative estimate of drug-likeness (QED) is 0.428. The molecule has 0 saturated heterocycles. The number of hydrogen-bond donors (Lipinski definition) is 0. The van der Waals surface area contributed by atoms with Gasteiger partial charge in [0.1, 0.15) is 0 Å². The van der Waals surface area contributed by atoms with Gasteiger partial charge in [-0.05, 0) is 0 Å². The Balaban J connectivity index is 0. The van der Waals surface area contributed by atoms with Gasteiger partial charge in [-0.15, -0.1) is 0 Å². The Hall–Kier alpha value is 2.57. The minimum atomic E-state index is 0.0556. The minimum absolute atomic E-state index is 0.0556. The third-order valence-electron chi connectivity index (χ3n) is 0. The van der Waals surface area contributed by atoms with E-state index < -0.39 is 0 Å². The molecular weight excluding hydrogens is 529 g/mol. The fourth-order valence-electron chi connectivity index (χ4n) is 0. The molecule has 0 unspecified atom stereocenters. The van der Waals surface area contributed by atoms with Crippen molar-refractivity contribution in [1.29, 1.82) is 0 Å². The van der Waals surface area contributed by atoms with Crippen molar-refractivity contribution in [2.75, 3.05) is 0 Å². The predicted octanol–water partition coefficient (Wildman–Crippen LogP) is -0.124. The van der Waals surface area contributed by atoms with E-state index in [1.165, 1.54) is 18.2 Å². The molecule has 0 radical (unpaired) electrons. The normalized spacial score (nSPS) is 2.25. The van der Waals surface area contributed by atoms with Gasteiger partial charge >= 0.3 is 74.6 Å². The molecule has 0 saturated carbocycles. The van der Waals surface area contributed by atoms with E-state index in [4.69, 9.17) is 0.938 Å². The van der Waals surface area contributed by atoms with E-state index in [0.29, 0.717) is 0 Å². The molecule has 0 aromatic heterocycles. The number of rotatable bonds is 0. The molecule has 4 heteroatoms. The number of hydrogen-bond acceptors (Lipinski definition) is 1. The molecular formula is CeIrOTa. The molecule has 0 aromatic rings. The van der Waals surface area contributed by atoms with Crippen molar-refractivity contribution < 1.29 is 74.6 Å². The molecule has 0 aliphatic carbocycles. The van der Waals surface area contributed by atoms with E-state index in [-0.39, 0.29) is 39.8 Å². The van der Waals surface area contributed by atoms with Crippen LogP contribution in [0.25, 0.3) is 0 Å². The summed E-state index contributed by atoms with van der Waals surface area (Å²) in [4.78, 5) is 0. The molecule has 24 valence electrons. The SMILES string of the molecule is [O]=[Ce].[Ta][Ir]. The molecule has 0 aliphatic heterocycles. The van der Waals surface area contributed by atoms with Crippen LogP contribution in [0.1, 0.15) is 0 Å². The second-order valence-corrected chi connectivity index (χ2v) is 0. The first-order valence-electron chi connectivity index (χ1n) is 0.353. The first kappa shape index (κ1) is 9.76. The fraction of sp³-hybridized carbons (Fsp3) is 0. The van der Waals surface area contributed by atoms with Gasteiger partial charge in [-0.25, -0.2) is 0 Å². The summed E-state index contributed by atoms with van der Waals surface area (Å²) in [6.07, 6.45) is 0. The van der Waals surface area contributed by atoms with Crippen molar-refractivity contribution in [2.45, 2.75) is 0 Å². The summed E-state index contributed by atoms with van der Waals surface area (Å²) < 4.78 is 8.39. The molecule has 0 amide bonds. The van der Waals surface area contributed by atoms with Crippen LogP contribution >= 0.6 is 0 Å². The van der Waals surface area contributed by atoms with Crippen LogP contribution in [0, 0.1) is 39.8 Å². The Bertz CT molecular complexity index is 8.00. The maximum atomic E-state index is 8.39. The second-order valence-electron chi connectivity index (χ2n) is 0. The van der Waals surface area contributed by atoms with Gasteiger partial charge in [0.2, 0.25) is 0 Å². The van der Waals surface area contributed by atoms with Gasteiger partial charge in [0, 0.05) is 0 Å². The molecule has 1 nitrogen and oxygen atoms in total. The molecule has 0 spiro atoms. The Morgan fingerprint density at radius 1 is 1.50 bits per heavy atom. The van der Waals surface area contributed by atoms with Crippen molar-refractivity contribution in [1.82, 2.24) is 0 Å². The Morgan fingerprint density at radius 2 is 1.50 bits per heavy atom. The predicted molar refractivity (Wildman–Crippen MR) is 0.686 cm³/mol. The second kappa shape index (κ2) is 17.6. The molecule has 0 heterocycles. The topological polar surface area (TPSA) is 17.1 Å². The zero-order valence-corrected chi connectivity index (χ0v) is 10.4. The summed E-state index contributed by atoms with van der Waals surface area (Å²) in [6.45, 7) is 0. The van der Waals surface area contributed by atoms with Crippen LogP contribution in [0.3, 0.4) is 0 Å². The monoisotopic (exact) mass is 530 g/mol. The summed E-state index contributed by atoms with van der Waals surface area (Å²) in [5.41, 5.74) is 0. The maximum absolute atomic E-state index is 8.39. The van der Waals surface area contributed by atoms with Gasteiger partial charge in [-0.3, -0.25) is 0 Å². The van der Waals surface area contributed by atoms with Crippen LogP contribution in [0.15, 0.2) is 0 Å². The molecule has 4 heavy (non-hydrogen) atoms. The van der Waals surface area contributed by atoms with Crippen molar-refractivity contribution in [3.8, 4) is 0 Å². The van der Waals surface area contributed by atoms with Gasteiger partial charge in [-0.2, -0.15) is 0 Å². The summed E-state index contributed by atoms with van der Waals surface area (Å²) in [5, 5.41) is 0. The molecule has 0 rings (SSSR count). The van der Waals surface area contributed by atoms with E-state index in [2.05, 4.69) is 15.7 Å². The van der Waals surface area contributed by atoms with E-state index >= 15 is 0 Å². The molecule has 0 fully saturated rings. The van der Waals surface area contributed by atoms with Crippen LogP contribution in [0.4, 0.5) is 0 Å². The third kappa shape index (κ3) is 8.82. The standard InChI is InChI=1S/Ce.Ir.O.Ta. The zero-order chi connectivity index (χ0) is 4.00. The fourth-order valence-corrected chi connectivity index (χ4v) is 0. The van der Waals surface area contributed by atoms with Crippen molar-refractivity contribution in [3.63, 3.8) is 0 Å². The van der Waals surface area contributed by atoms with Crippen molar-refractivity contribution in [3.05, 3.63) is 0 Å². The summed E-state index contributed by atoms with van der Waals surface area (Å²) in [7, 11) is 0. The first-order chi connectivity index (χ1) is 2.00. The van der Waals surface area contributed by atoms with Crippen LogP contribution in [0.5, 0.6) is 0 Å². The zero-order valence-electron chi connectivity index (χ0n) is 1.69. The molecule has 0 aliphatic rings. The Morgan fingerprint density at radius 3 is 1.50 bits per heavy atom. The molecule has 0 N–H and O–H groups in total. The Kier molecular flexibility index (Phi) is 43.0. The summed E-state index contributed by atoms with van der Waals surface area (Å²) in [6, 6.07) is 0. The summed E-state index contributed by atoms with van der Waals surface area (Å²) in [5.74, 6) is 0. The van der Waals surface area contributed by atoms with E-state index in [1.807, 2.05) is 0 Å². The molecule has 0 atom stereocenters. The van der Waals surface area contributed by atoms with Crippen molar-refractivity contribution >= 4 is 0 Å². The van der Waals surface area contributed by atoms with Gasteiger partial charge < -0.3 is 0 Å². The van der Waals surface area contributed by atoms with Gasteiger partial charge in [0.25, 0.3) is 0 Å². The molecule has 0 bridgehead atoms. The van der Waals surface area contributed by atoms with Crippen LogP contribution in [-0.2, 0) is 34.8 Å². The molecule has 0 aromatic carbocycles. The average molecular weight is 529 g/mol. The van der Waals surface area contributed by atoms with Gasteiger partial charge in [0.15, 0.2) is 0 Å². The van der Waals surface area contributed by atoms with Crippen LogP contribution < -0.4 is 0 Å². The first-order valence-corrected chi connectivity index (χ1v) is 11.5. The van der Waals surface area contributed by atoms with Crippen LogP contribution in [0.2, 0.25) is 0 Å². The Labute approximate surface area is 72.7 Å². The van der Waals surface area contributed by atoms with Crippen LogP contribution in [-0.4, -0.2) is 0 Å². The third-order valence-corrected chi connectivity index (χ3v) is 0. The van der Waals surface area contributed by atoms with E-state index in [9.17, 15) is 0 Å². The van der Waals surface area contributed by atoms with Gasteiger partial charge in [0.05, 0.1) is 0 Å². The van der Waals surface area contributed by atoms with E-state index in [0.717, 1.165) is 0 Å². The average Bonchev–Trinajstić information content (AvgIpc) is 1.50. The van der Waals surface area contributed by atoms with Crippen molar-refractivity contribution in [2.24, 2.45) is 0 Å². The van der Waals surface area contributed by atoms with Gasteiger partial charge in [-0.1, -0.05) is 0 Å². The summed E-state index contributed by atoms with van der Waals surface area (Å²) >= 11 is 3.61. The van der Waals surface area contributed by atoms with E-state index in [1.54, 1.807) is 0 Å².